The minimum Gasteiger partial charge on any atom is -0.395 e. The van der Waals surface area contributed by atoms with Gasteiger partial charge < -0.3 is 11.1 Å². The smallest absolute Gasteiger partial charge is 0.278 e. The van der Waals surface area contributed by atoms with Crippen LogP contribution in [0.2, 0.25) is 5.02 Å². The molecule has 19 heavy (non-hydrogen) atoms. The van der Waals surface area contributed by atoms with E-state index in [-0.39, 0.29) is 16.4 Å². The summed E-state index contributed by atoms with van der Waals surface area (Å²) in [7, 11) is 0. The zero-order chi connectivity index (χ0) is 14.0. The molecule has 2 aromatic rings. The molecule has 0 radical (unpaired) electrons. The summed E-state index contributed by atoms with van der Waals surface area (Å²) in [5.74, 6) is -1.05. The SMILES string of the molecule is CCc1[nH]nc(C(=O)Nc2cc(F)cc(Cl)c2)c1N. The lowest BCUT2D eigenvalue weighted by Gasteiger charge is -2.04. The van der Waals surface area contributed by atoms with Gasteiger partial charge >= 0.3 is 0 Å². The lowest BCUT2D eigenvalue weighted by Crippen LogP contribution is -2.14. The second-order valence-electron chi connectivity index (χ2n) is 3.93. The van der Waals surface area contributed by atoms with Crippen molar-refractivity contribution >= 4 is 28.9 Å². The largest absolute Gasteiger partial charge is 0.395 e. The highest BCUT2D eigenvalue weighted by molar-refractivity contribution is 6.31. The predicted octanol–water partition coefficient (Wildman–Crippen LogP) is 2.60. The Morgan fingerprint density at radius 1 is 1.53 bits per heavy atom. The Bertz CT molecular complexity index is 606. The number of H-pyrrole nitrogens is 1. The van der Waals surface area contributed by atoms with Gasteiger partial charge in [-0.1, -0.05) is 18.5 Å². The second-order valence-corrected chi connectivity index (χ2v) is 4.37. The molecule has 0 spiro atoms. The average Bonchev–Trinajstić information content (AvgIpc) is 2.68. The topological polar surface area (TPSA) is 83.8 Å². The summed E-state index contributed by atoms with van der Waals surface area (Å²) in [6.07, 6.45) is 0.637. The normalized spacial score (nSPS) is 10.5. The number of anilines is 2. The Hall–Kier alpha value is -2.08. The standard InChI is InChI=1S/C12H12ClFN4O/c1-2-9-10(15)11(18-17-9)12(19)16-8-4-6(13)3-7(14)5-8/h3-5H,2,15H2,1H3,(H,16,19)(H,17,18). The van der Waals surface area contributed by atoms with Crippen LogP contribution in [0.1, 0.15) is 23.1 Å². The number of hydrogen-bond acceptors (Lipinski definition) is 3. The summed E-state index contributed by atoms with van der Waals surface area (Å²) >= 11 is 5.70. The number of halogens is 2. The fraction of sp³-hybridized carbons (Fsp3) is 0.167. The molecule has 0 aliphatic heterocycles. The van der Waals surface area contributed by atoms with Crippen LogP contribution < -0.4 is 11.1 Å². The highest BCUT2D eigenvalue weighted by atomic mass is 35.5. The average molecular weight is 283 g/mol. The van der Waals surface area contributed by atoms with Crippen LogP contribution in [-0.2, 0) is 6.42 Å². The number of hydrogen-bond donors (Lipinski definition) is 3. The molecule has 0 saturated carbocycles. The number of nitrogen functional groups attached to an aromatic ring is 1. The number of aromatic amines is 1. The third-order valence-corrected chi connectivity index (χ3v) is 2.79. The van der Waals surface area contributed by atoms with E-state index in [1.807, 2.05) is 6.92 Å². The molecule has 0 atom stereocenters. The number of aryl methyl sites for hydroxylation is 1. The van der Waals surface area contributed by atoms with Gasteiger partial charge in [-0.3, -0.25) is 9.89 Å². The minimum atomic E-state index is -0.535. The molecule has 0 aliphatic carbocycles. The van der Waals surface area contributed by atoms with E-state index in [1.54, 1.807) is 0 Å². The molecular weight excluding hydrogens is 271 g/mol. The monoisotopic (exact) mass is 282 g/mol. The lowest BCUT2D eigenvalue weighted by atomic mass is 10.2. The van der Waals surface area contributed by atoms with Gasteiger partial charge in [-0.2, -0.15) is 5.10 Å². The maximum Gasteiger partial charge on any atom is 0.278 e. The molecule has 7 heteroatoms. The van der Waals surface area contributed by atoms with E-state index in [4.69, 9.17) is 17.3 Å². The number of amides is 1. The molecule has 1 amide bonds. The van der Waals surface area contributed by atoms with Gasteiger partial charge in [-0.05, 0) is 24.6 Å². The molecule has 0 fully saturated rings. The van der Waals surface area contributed by atoms with Gasteiger partial charge in [0.05, 0.1) is 11.4 Å². The Morgan fingerprint density at radius 3 is 2.84 bits per heavy atom. The van der Waals surface area contributed by atoms with Crippen LogP contribution in [0, 0.1) is 5.82 Å². The van der Waals surface area contributed by atoms with Gasteiger partial charge in [0.15, 0.2) is 5.69 Å². The molecule has 1 heterocycles. The highest BCUT2D eigenvalue weighted by Gasteiger charge is 2.16. The molecule has 0 aliphatic rings. The molecule has 1 aromatic carbocycles. The Balaban J connectivity index is 2.23. The van der Waals surface area contributed by atoms with Crippen LogP contribution in [-0.4, -0.2) is 16.1 Å². The summed E-state index contributed by atoms with van der Waals surface area (Å²) in [6, 6.07) is 3.74. The van der Waals surface area contributed by atoms with Gasteiger partial charge in [-0.15, -0.1) is 0 Å². The van der Waals surface area contributed by atoms with Crippen LogP contribution >= 0.6 is 11.6 Å². The summed E-state index contributed by atoms with van der Waals surface area (Å²) in [6.45, 7) is 1.89. The summed E-state index contributed by atoms with van der Waals surface area (Å²) in [5.41, 5.74) is 7.08. The molecule has 0 saturated heterocycles. The molecule has 4 N–H and O–H groups in total. The number of nitrogens with one attached hydrogen (secondary N) is 2. The first-order valence-corrected chi connectivity index (χ1v) is 5.99. The van der Waals surface area contributed by atoms with Crippen molar-refractivity contribution in [1.82, 2.24) is 10.2 Å². The van der Waals surface area contributed by atoms with Gasteiger partial charge in [0.2, 0.25) is 0 Å². The summed E-state index contributed by atoms with van der Waals surface area (Å²) in [4.78, 5) is 11.9. The zero-order valence-corrected chi connectivity index (χ0v) is 10.9. The van der Waals surface area contributed by atoms with Gasteiger partial charge in [0.25, 0.3) is 5.91 Å². The molecule has 0 unspecified atom stereocenters. The van der Waals surface area contributed by atoms with Crippen molar-refractivity contribution in [2.45, 2.75) is 13.3 Å². The first-order chi connectivity index (χ1) is 9.01. The molecule has 1 aromatic heterocycles. The van der Waals surface area contributed by atoms with E-state index in [1.165, 1.54) is 6.07 Å². The first kappa shape index (κ1) is 13.4. The Labute approximate surface area is 114 Å². The van der Waals surface area contributed by atoms with Crippen molar-refractivity contribution in [3.05, 3.63) is 40.4 Å². The maximum atomic E-state index is 13.1. The van der Waals surface area contributed by atoms with E-state index in [0.717, 1.165) is 12.1 Å². The number of rotatable bonds is 3. The van der Waals surface area contributed by atoms with Crippen molar-refractivity contribution in [2.24, 2.45) is 0 Å². The van der Waals surface area contributed by atoms with Crippen molar-refractivity contribution in [1.29, 1.82) is 0 Å². The Kier molecular flexibility index (Phi) is 3.71. The number of carbonyl (C=O) groups is 1. The fourth-order valence-corrected chi connectivity index (χ4v) is 1.87. The molecule has 100 valence electrons. The molecule has 0 bridgehead atoms. The maximum absolute atomic E-state index is 13.1. The number of aromatic nitrogens is 2. The van der Waals surface area contributed by atoms with Gasteiger partial charge in [0, 0.05) is 10.7 Å². The third kappa shape index (κ3) is 2.85. The minimum absolute atomic E-state index is 0.0808. The molecule has 5 nitrogen and oxygen atoms in total. The van der Waals surface area contributed by atoms with E-state index >= 15 is 0 Å². The van der Waals surface area contributed by atoms with Crippen LogP contribution in [0.15, 0.2) is 18.2 Å². The Morgan fingerprint density at radius 2 is 2.26 bits per heavy atom. The van der Waals surface area contributed by atoms with Crippen LogP contribution in [0.4, 0.5) is 15.8 Å². The lowest BCUT2D eigenvalue weighted by molar-refractivity contribution is 0.102. The first-order valence-electron chi connectivity index (χ1n) is 5.61. The second kappa shape index (κ2) is 5.27. The van der Waals surface area contributed by atoms with Crippen molar-refractivity contribution in [3.8, 4) is 0 Å². The number of carbonyl (C=O) groups excluding carboxylic acids is 1. The number of nitrogens with zero attached hydrogens (tertiary/aromatic N) is 1. The zero-order valence-electron chi connectivity index (χ0n) is 10.1. The van der Waals surface area contributed by atoms with Crippen molar-refractivity contribution in [2.75, 3.05) is 11.1 Å². The summed E-state index contributed by atoms with van der Waals surface area (Å²) < 4.78 is 13.1. The van der Waals surface area contributed by atoms with E-state index in [0.29, 0.717) is 17.8 Å². The highest BCUT2D eigenvalue weighted by Crippen LogP contribution is 2.20. The molecule has 2 rings (SSSR count). The van der Waals surface area contributed by atoms with Gasteiger partial charge in [0.1, 0.15) is 5.82 Å². The van der Waals surface area contributed by atoms with Crippen LogP contribution in [0.25, 0.3) is 0 Å². The van der Waals surface area contributed by atoms with Crippen molar-refractivity contribution in [3.63, 3.8) is 0 Å². The van der Waals surface area contributed by atoms with Gasteiger partial charge in [-0.25, -0.2) is 4.39 Å². The van der Waals surface area contributed by atoms with Crippen LogP contribution in [0.3, 0.4) is 0 Å². The third-order valence-electron chi connectivity index (χ3n) is 2.57. The summed E-state index contributed by atoms with van der Waals surface area (Å²) in [5, 5.41) is 9.20. The van der Waals surface area contributed by atoms with Crippen molar-refractivity contribution < 1.29 is 9.18 Å². The predicted molar refractivity (Wildman–Crippen MR) is 71.7 cm³/mol. The van der Waals surface area contributed by atoms with E-state index < -0.39 is 11.7 Å². The van der Waals surface area contributed by atoms with Crippen LogP contribution in [0.5, 0.6) is 0 Å². The number of benzene rings is 1. The number of nitrogens with two attached hydrogens (primary N) is 1. The quantitative estimate of drug-likeness (QED) is 0.809. The molecular formula is C12H12ClFN4O. The van der Waals surface area contributed by atoms with E-state index in [9.17, 15) is 9.18 Å². The van der Waals surface area contributed by atoms with E-state index in [2.05, 4.69) is 15.5 Å². The fourth-order valence-electron chi connectivity index (χ4n) is 1.65.